The van der Waals surface area contributed by atoms with E-state index in [0.717, 1.165) is 22.0 Å². The number of ketones is 1. The summed E-state index contributed by atoms with van der Waals surface area (Å²) < 4.78 is 0. The van der Waals surface area contributed by atoms with Crippen LogP contribution in [0.25, 0.3) is 27.2 Å². The number of benzene rings is 1. The number of azide groups is 1. The van der Waals surface area contributed by atoms with Crippen molar-refractivity contribution in [1.29, 1.82) is 0 Å². The number of carbonyl (C=O) groups is 1. The van der Waals surface area contributed by atoms with E-state index in [4.69, 9.17) is 17.1 Å². The zero-order valence-corrected chi connectivity index (χ0v) is 17.3. The molecule has 0 aliphatic carbocycles. The lowest BCUT2D eigenvalue weighted by Gasteiger charge is -2.15. The molecule has 0 radical (unpaired) electrons. The Labute approximate surface area is 182 Å². The molecule has 3 aromatic heterocycles. The summed E-state index contributed by atoms with van der Waals surface area (Å²) >= 11 is 6.30. The van der Waals surface area contributed by atoms with Crippen LogP contribution in [0.15, 0.2) is 60.2 Å². The van der Waals surface area contributed by atoms with E-state index in [1.807, 2.05) is 24.3 Å². The van der Waals surface area contributed by atoms with Gasteiger partial charge in [0, 0.05) is 35.5 Å². The van der Waals surface area contributed by atoms with Gasteiger partial charge in [0.2, 0.25) is 0 Å². The predicted molar refractivity (Wildman–Crippen MR) is 116 cm³/mol. The van der Waals surface area contributed by atoms with Gasteiger partial charge in [-0.1, -0.05) is 41.8 Å². The second kappa shape index (κ2) is 8.91. The highest BCUT2D eigenvalue weighted by atomic mass is 35.5. The maximum absolute atomic E-state index is 12.8. The van der Waals surface area contributed by atoms with Gasteiger partial charge in [-0.3, -0.25) is 9.78 Å². The minimum atomic E-state index is -0.433. The summed E-state index contributed by atoms with van der Waals surface area (Å²) in [5.41, 5.74) is 11.9. The third-order valence-electron chi connectivity index (χ3n) is 4.82. The van der Waals surface area contributed by atoms with Crippen molar-refractivity contribution in [2.45, 2.75) is 25.8 Å². The Hall–Kier alpha value is -3.81. The molecule has 0 aliphatic heterocycles. The molecule has 0 N–H and O–H groups in total. The van der Waals surface area contributed by atoms with Gasteiger partial charge in [0.1, 0.15) is 5.78 Å². The van der Waals surface area contributed by atoms with Crippen LogP contribution in [0.2, 0.25) is 5.02 Å². The Morgan fingerprint density at radius 1 is 1.19 bits per heavy atom. The quantitative estimate of drug-likeness (QED) is 0.240. The first kappa shape index (κ1) is 20.5. The fraction of sp³-hybridized carbons (Fsp3) is 0.190. The first-order chi connectivity index (χ1) is 15.1. The topological polar surface area (TPSA) is 122 Å². The number of rotatable bonds is 7. The summed E-state index contributed by atoms with van der Waals surface area (Å²) in [5, 5.41) is 13.1. The third-order valence-corrected chi connectivity index (χ3v) is 5.10. The second-order valence-corrected chi connectivity index (χ2v) is 7.36. The smallest absolute Gasteiger partial charge is 0.193 e. The fourth-order valence-electron chi connectivity index (χ4n) is 3.52. The van der Waals surface area contributed by atoms with Crippen LogP contribution < -0.4 is 0 Å². The average molecular weight is 433 g/mol. The summed E-state index contributed by atoms with van der Waals surface area (Å²) in [6.07, 6.45) is 6.63. The van der Waals surface area contributed by atoms with Crippen molar-refractivity contribution in [1.82, 2.24) is 25.0 Å². The lowest BCUT2D eigenvalue weighted by Crippen LogP contribution is -2.11. The van der Waals surface area contributed by atoms with E-state index in [1.165, 1.54) is 17.2 Å². The number of pyridine rings is 2. The molecule has 0 aliphatic rings. The van der Waals surface area contributed by atoms with Gasteiger partial charge in [0.15, 0.2) is 5.82 Å². The van der Waals surface area contributed by atoms with Crippen molar-refractivity contribution in [3.8, 4) is 5.82 Å². The van der Waals surface area contributed by atoms with Gasteiger partial charge in [0.05, 0.1) is 29.0 Å². The molecule has 0 spiro atoms. The Kier molecular flexibility index (Phi) is 5.88. The van der Waals surface area contributed by atoms with Gasteiger partial charge in [0.25, 0.3) is 0 Å². The number of para-hydroxylation sites is 1. The fourth-order valence-corrected chi connectivity index (χ4v) is 3.78. The van der Waals surface area contributed by atoms with Crippen LogP contribution in [-0.2, 0) is 17.6 Å². The highest BCUT2D eigenvalue weighted by Gasteiger charge is 2.17. The number of fused-ring (bicyclic) bond motifs is 1. The van der Waals surface area contributed by atoms with Crippen LogP contribution in [0.1, 0.15) is 29.7 Å². The minimum Gasteiger partial charge on any atom is -0.299 e. The van der Waals surface area contributed by atoms with Gasteiger partial charge in [-0.15, -0.1) is 4.80 Å². The Morgan fingerprint density at radius 2 is 1.97 bits per heavy atom. The van der Waals surface area contributed by atoms with E-state index >= 15 is 0 Å². The van der Waals surface area contributed by atoms with Crippen LogP contribution in [0, 0.1) is 0 Å². The minimum absolute atomic E-state index is 0.0331. The molecule has 1 unspecified atom stereocenters. The molecule has 9 nitrogen and oxygen atoms in total. The van der Waals surface area contributed by atoms with E-state index in [9.17, 15) is 4.79 Å². The standard InChI is InChI=1S/C21H17ClN8O/c1-13(28-29-23)20-15(12-24-19-5-3-2-4-17(19)20)10-16(31)8-14-9-18(22)21(25-11-14)30-26-6-7-27-30/h2-7,9,11-13H,8,10H2,1H3. The normalized spacial score (nSPS) is 11.8. The number of Topliss-reactive ketones (excluding diaryl/α,β-unsaturated/α-hetero) is 1. The van der Waals surface area contributed by atoms with Crippen LogP contribution in [-0.4, -0.2) is 30.7 Å². The highest BCUT2D eigenvalue weighted by molar-refractivity contribution is 6.32. The molecule has 0 saturated carbocycles. The molecule has 154 valence electrons. The number of nitrogens with zero attached hydrogens (tertiary/aromatic N) is 8. The van der Waals surface area contributed by atoms with Gasteiger partial charge >= 0.3 is 0 Å². The number of halogens is 1. The van der Waals surface area contributed by atoms with Crippen LogP contribution >= 0.6 is 11.6 Å². The first-order valence-electron chi connectivity index (χ1n) is 9.50. The van der Waals surface area contributed by atoms with E-state index < -0.39 is 6.04 Å². The van der Waals surface area contributed by atoms with Crippen molar-refractivity contribution in [2.24, 2.45) is 5.11 Å². The third kappa shape index (κ3) is 4.37. The summed E-state index contributed by atoms with van der Waals surface area (Å²) in [4.78, 5) is 25.8. The van der Waals surface area contributed by atoms with Gasteiger partial charge in [-0.25, -0.2) is 4.98 Å². The Balaban J connectivity index is 1.59. The second-order valence-electron chi connectivity index (χ2n) is 6.95. The van der Waals surface area contributed by atoms with Crippen LogP contribution in [0.4, 0.5) is 0 Å². The zero-order chi connectivity index (χ0) is 21.8. The number of hydrogen-bond acceptors (Lipinski definition) is 6. The molecule has 3 heterocycles. The van der Waals surface area contributed by atoms with Crippen molar-refractivity contribution in [3.05, 3.63) is 87.3 Å². The van der Waals surface area contributed by atoms with E-state index in [1.54, 1.807) is 25.4 Å². The van der Waals surface area contributed by atoms with Crippen molar-refractivity contribution < 1.29 is 4.79 Å². The van der Waals surface area contributed by atoms with E-state index in [0.29, 0.717) is 16.4 Å². The van der Waals surface area contributed by atoms with Crippen LogP contribution in [0.3, 0.4) is 0 Å². The molecule has 10 heteroatoms. The van der Waals surface area contributed by atoms with Crippen LogP contribution in [0.5, 0.6) is 0 Å². The summed E-state index contributed by atoms with van der Waals surface area (Å²) in [7, 11) is 0. The lowest BCUT2D eigenvalue weighted by molar-refractivity contribution is -0.117. The molecule has 1 aromatic carbocycles. The molecule has 4 rings (SSSR count). The maximum Gasteiger partial charge on any atom is 0.193 e. The average Bonchev–Trinajstić information content (AvgIpc) is 3.28. The predicted octanol–water partition coefficient (Wildman–Crippen LogP) is 4.59. The van der Waals surface area contributed by atoms with E-state index in [-0.39, 0.29) is 18.6 Å². The molecular weight excluding hydrogens is 416 g/mol. The number of hydrogen-bond donors (Lipinski definition) is 0. The largest absolute Gasteiger partial charge is 0.299 e. The van der Waals surface area contributed by atoms with Gasteiger partial charge < -0.3 is 0 Å². The molecule has 0 fully saturated rings. The zero-order valence-electron chi connectivity index (χ0n) is 16.6. The van der Waals surface area contributed by atoms with E-state index in [2.05, 4.69) is 30.2 Å². The van der Waals surface area contributed by atoms with Gasteiger partial charge in [-0.2, -0.15) is 10.2 Å². The Bertz CT molecular complexity index is 1300. The van der Waals surface area contributed by atoms with Gasteiger partial charge in [-0.05, 0) is 34.4 Å². The molecule has 31 heavy (non-hydrogen) atoms. The van der Waals surface area contributed by atoms with Crippen molar-refractivity contribution >= 4 is 28.3 Å². The summed E-state index contributed by atoms with van der Waals surface area (Å²) in [6, 6.07) is 8.84. The maximum atomic E-state index is 12.8. The first-order valence-corrected chi connectivity index (χ1v) is 9.88. The van der Waals surface area contributed by atoms with Crippen molar-refractivity contribution in [2.75, 3.05) is 0 Å². The molecule has 0 bridgehead atoms. The molecule has 0 saturated heterocycles. The molecule has 4 aromatic rings. The number of aromatic nitrogens is 5. The highest BCUT2D eigenvalue weighted by Crippen LogP contribution is 2.29. The SMILES string of the molecule is CC(N=[N+]=[N-])c1c(CC(=O)Cc2cnc(-n3nccn3)c(Cl)c2)cnc2ccccc12. The molecule has 1 atom stereocenters. The monoisotopic (exact) mass is 432 g/mol. The van der Waals surface area contributed by atoms with Crippen molar-refractivity contribution in [3.63, 3.8) is 0 Å². The lowest BCUT2D eigenvalue weighted by atomic mass is 9.94. The summed E-state index contributed by atoms with van der Waals surface area (Å²) in [6.45, 7) is 1.81. The molecular formula is C21H17ClN8O. The number of carbonyl (C=O) groups excluding carboxylic acids is 1. The summed E-state index contributed by atoms with van der Waals surface area (Å²) in [5.74, 6) is 0.362. The Morgan fingerprint density at radius 3 is 2.71 bits per heavy atom. The molecule has 0 amide bonds.